The number of hydrogen-bond acceptors (Lipinski definition) is 5. The maximum absolute atomic E-state index is 5.58. The van der Waals surface area contributed by atoms with Crippen LogP contribution in [0.2, 0.25) is 0 Å². The van der Waals surface area contributed by atoms with E-state index < -0.39 is 0 Å². The van der Waals surface area contributed by atoms with Gasteiger partial charge in [0.1, 0.15) is 5.52 Å². The van der Waals surface area contributed by atoms with Gasteiger partial charge in [0.2, 0.25) is 5.95 Å². The van der Waals surface area contributed by atoms with Crippen LogP contribution in [0.4, 0.5) is 11.8 Å². The van der Waals surface area contributed by atoms with Crippen LogP contribution in [0.15, 0.2) is 18.5 Å². The second-order valence-corrected chi connectivity index (χ2v) is 3.32. The number of nitrogens with two attached hydrogens (primary N) is 1. The number of hydrogen-bond donors (Lipinski definition) is 3. The van der Waals surface area contributed by atoms with Crippen molar-refractivity contribution in [1.82, 2.24) is 19.9 Å². The maximum atomic E-state index is 5.58. The van der Waals surface area contributed by atoms with Gasteiger partial charge in [-0.3, -0.25) is 0 Å². The molecule has 2 aromatic heterocycles. The molecule has 0 atom stereocenters. The Bertz CT molecular complexity index is 501. The van der Waals surface area contributed by atoms with E-state index in [1.165, 1.54) is 0 Å². The monoisotopic (exact) mass is 218 g/mol. The van der Waals surface area contributed by atoms with E-state index in [0.717, 1.165) is 18.5 Å². The van der Waals surface area contributed by atoms with Crippen molar-refractivity contribution in [2.45, 2.75) is 13.3 Å². The van der Waals surface area contributed by atoms with E-state index in [9.17, 15) is 0 Å². The van der Waals surface area contributed by atoms with Gasteiger partial charge in [0, 0.05) is 6.54 Å². The van der Waals surface area contributed by atoms with Crippen LogP contribution in [0.3, 0.4) is 0 Å². The maximum Gasteiger partial charge on any atom is 0.224 e. The molecule has 16 heavy (non-hydrogen) atoms. The van der Waals surface area contributed by atoms with E-state index in [-0.39, 0.29) is 5.95 Å². The molecule has 0 saturated carbocycles. The summed E-state index contributed by atoms with van der Waals surface area (Å²) in [7, 11) is 0. The summed E-state index contributed by atoms with van der Waals surface area (Å²) in [6.07, 6.45) is 6.62. The Morgan fingerprint density at radius 2 is 2.38 bits per heavy atom. The molecule has 0 amide bonds. The zero-order chi connectivity index (χ0) is 11.4. The van der Waals surface area contributed by atoms with Crippen LogP contribution in [-0.4, -0.2) is 26.5 Å². The van der Waals surface area contributed by atoms with Crippen molar-refractivity contribution in [3.05, 3.63) is 18.5 Å². The van der Waals surface area contributed by atoms with Gasteiger partial charge in [-0.25, -0.2) is 4.98 Å². The van der Waals surface area contributed by atoms with E-state index in [2.05, 4.69) is 31.3 Å². The molecule has 0 saturated heterocycles. The number of aromatic amines is 1. The lowest BCUT2D eigenvalue weighted by Crippen LogP contribution is -2.06. The standard InChI is InChI=1S/C10H14N6/c1-2-3-4-5-12-8-7-9(14-6-13-7)16-10(11)15-8/h2-3,6H,4-5H2,1H3,(H4,11,12,13,14,15,16)/b3-2+. The lowest BCUT2D eigenvalue weighted by molar-refractivity contribution is 1.04. The highest BCUT2D eigenvalue weighted by Crippen LogP contribution is 2.16. The molecule has 0 aliphatic carbocycles. The van der Waals surface area contributed by atoms with Gasteiger partial charge >= 0.3 is 0 Å². The summed E-state index contributed by atoms with van der Waals surface area (Å²) in [5.41, 5.74) is 6.96. The minimum absolute atomic E-state index is 0.230. The van der Waals surface area contributed by atoms with Gasteiger partial charge in [-0.1, -0.05) is 12.2 Å². The van der Waals surface area contributed by atoms with E-state index >= 15 is 0 Å². The summed E-state index contributed by atoms with van der Waals surface area (Å²) < 4.78 is 0. The lowest BCUT2D eigenvalue weighted by atomic mass is 10.3. The van der Waals surface area contributed by atoms with Crippen LogP contribution in [0.1, 0.15) is 13.3 Å². The van der Waals surface area contributed by atoms with Crippen LogP contribution in [0, 0.1) is 0 Å². The van der Waals surface area contributed by atoms with Gasteiger partial charge < -0.3 is 16.0 Å². The number of aromatic nitrogens is 4. The zero-order valence-corrected chi connectivity index (χ0v) is 9.07. The first-order valence-corrected chi connectivity index (χ1v) is 5.13. The van der Waals surface area contributed by atoms with Crippen molar-refractivity contribution in [1.29, 1.82) is 0 Å². The topological polar surface area (TPSA) is 92.5 Å². The van der Waals surface area contributed by atoms with Gasteiger partial charge in [0.05, 0.1) is 6.33 Å². The molecular weight excluding hydrogens is 204 g/mol. The Hall–Kier alpha value is -2.11. The van der Waals surface area contributed by atoms with Gasteiger partial charge in [0.15, 0.2) is 11.5 Å². The van der Waals surface area contributed by atoms with Gasteiger partial charge in [-0.2, -0.15) is 9.97 Å². The second kappa shape index (κ2) is 4.61. The molecule has 0 aliphatic rings. The van der Waals surface area contributed by atoms with Crippen LogP contribution < -0.4 is 11.1 Å². The van der Waals surface area contributed by atoms with Crippen LogP contribution in [-0.2, 0) is 0 Å². The fraction of sp³-hybridized carbons (Fsp3) is 0.300. The van der Waals surface area contributed by atoms with E-state index in [4.69, 9.17) is 5.73 Å². The SMILES string of the molecule is C/C=C/CCNc1nc(N)nc2nc[nH]c12. The van der Waals surface area contributed by atoms with Crippen molar-refractivity contribution in [2.24, 2.45) is 0 Å². The molecule has 0 aliphatic heterocycles. The average Bonchev–Trinajstić information content (AvgIpc) is 2.72. The smallest absolute Gasteiger partial charge is 0.224 e. The molecule has 2 aromatic rings. The van der Waals surface area contributed by atoms with Crippen molar-refractivity contribution in [3.63, 3.8) is 0 Å². The number of rotatable bonds is 4. The zero-order valence-electron chi connectivity index (χ0n) is 9.07. The van der Waals surface area contributed by atoms with Crippen LogP contribution >= 0.6 is 0 Å². The Morgan fingerprint density at radius 1 is 1.50 bits per heavy atom. The van der Waals surface area contributed by atoms with Gasteiger partial charge in [-0.15, -0.1) is 0 Å². The first-order chi connectivity index (χ1) is 7.81. The molecule has 0 bridgehead atoms. The highest BCUT2D eigenvalue weighted by atomic mass is 15.1. The number of anilines is 2. The number of allylic oxidation sites excluding steroid dienone is 1. The summed E-state index contributed by atoms with van der Waals surface area (Å²) in [5.74, 6) is 0.928. The molecule has 2 rings (SSSR count). The van der Waals surface area contributed by atoms with Crippen molar-refractivity contribution in [2.75, 3.05) is 17.6 Å². The number of nitrogens with one attached hydrogen (secondary N) is 2. The van der Waals surface area contributed by atoms with E-state index in [0.29, 0.717) is 11.5 Å². The molecular formula is C10H14N6. The summed E-state index contributed by atoms with van der Waals surface area (Å²) in [6, 6.07) is 0. The first-order valence-electron chi connectivity index (χ1n) is 5.13. The van der Waals surface area contributed by atoms with Crippen molar-refractivity contribution >= 4 is 22.9 Å². The summed E-state index contributed by atoms with van der Waals surface area (Å²) in [6.45, 7) is 2.80. The Kier molecular flexibility index (Phi) is 3.00. The van der Waals surface area contributed by atoms with E-state index in [1.54, 1.807) is 6.33 Å². The molecule has 6 heteroatoms. The van der Waals surface area contributed by atoms with E-state index in [1.807, 2.05) is 13.0 Å². The summed E-state index contributed by atoms with van der Waals surface area (Å²) >= 11 is 0. The highest BCUT2D eigenvalue weighted by Gasteiger charge is 2.06. The number of nitrogens with zero attached hydrogens (tertiary/aromatic N) is 3. The number of fused-ring (bicyclic) bond motifs is 1. The average molecular weight is 218 g/mol. The first kappa shape index (κ1) is 10.4. The minimum Gasteiger partial charge on any atom is -0.368 e. The third-order valence-corrected chi connectivity index (χ3v) is 2.14. The summed E-state index contributed by atoms with van der Waals surface area (Å²) in [4.78, 5) is 15.2. The molecule has 0 fully saturated rings. The quantitative estimate of drug-likeness (QED) is 0.531. The molecule has 0 spiro atoms. The molecule has 84 valence electrons. The number of nitrogen functional groups attached to an aromatic ring is 1. The molecule has 2 heterocycles. The summed E-state index contributed by atoms with van der Waals surface area (Å²) in [5, 5.41) is 3.20. The molecule has 6 nitrogen and oxygen atoms in total. The predicted molar refractivity (Wildman–Crippen MR) is 64.0 cm³/mol. The van der Waals surface area contributed by atoms with Crippen LogP contribution in [0.5, 0.6) is 0 Å². The van der Waals surface area contributed by atoms with Gasteiger partial charge in [0.25, 0.3) is 0 Å². The largest absolute Gasteiger partial charge is 0.368 e. The Morgan fingerprint density at radius 3 is 3.19 bits per heavy atom. The Balaban J connectivity index is 2.18. The van der Waals surface area contributed by atoms with Crippen molar-refractivity contribution in [3.8, 4) is 0 Å². The fourth-order valence-corrected chi connectivity index (χ4v) is 1.42. The minimum atomic E-state index is 0.230. The lowest BCUT2D eigenvalue weighted by Gasteiger charge is -2.04. The van der Waals surface area contributed by atoms with Gasteiger partial charge in [-0.05, 0) is 13.3 Å². The van der Waals surface area contributed by atoms with Crippen molar-refractivity contribution < 1.29 is 0 Å². The van der Waals surface area contributed by atoms with Crippen LogP contribution in [0.25, 0.3) is 11.2 Å². The molecule has 0 radical (unpaired) electrons. The Labute approximate surface area is 93.0 Å². The fourth-order valence-electron chi connectivity index (χ4n) is 1.42. The molecule has 4 N–H and O–H groups in total. The number of H-pyrrole nitrogens is 1. The second-order valence-electron chi connectivity index (χ2n) is 3.32. The molecule has 0 unspecified atom stereocenters. The highest BCUT2D eigenvalue weighted by molar-refractivity contribution is 5.83. The molecule has 0 aromatic carbocycles. The number of imidazole rings is 1. The third kappa shape index (κ3) is 2.10. The third-order valence-electron chi connectivity index (χ3n) is 2.14. The normalized spacial score (nSPS) is 11.3. The predicted octanol–water partition coefficient (Wildman–Crippen LogP) is 1.31.